The summed E-state index contributed by atoms with van der Waals surface area (Å²) < 4.78 is 44.7. The minimum absolute atomic E-state index is 0.0736. The summed E-state index contributed by atoms with van der Waals surface area (Å²) in [6.45, 7) is 4.08. The van der Waals surface area contributed by atoms with Crippen molar-refractivity contribution in [3.05, 3.63) is 29.2 Å². The van der Waals surface area contributed by atoms with Gasteiger partial charge in [0.05, 0.1) is 6.61 Å². The van der Waals surface area contributed by atoms with Gasteiger partial charge in [-0.1, -0.05) is 13.8 Å². The molecule has 21 heavy (non-hydrogen) atoms. The second kappa shape index (κ2) is 6.03. The Bertz CT molecular complexity index is 620. The number of aromatic nitrogens is 1. The van der Waals surface area contributed by atoms with Gasteiger partial charge in [0.2, 0.25) is 0 Å². The molecule has 0 aliphatic heterocycles. The van der Waals surface area contributed by atoms with Gasteiger partial charge in [-0.05, 0) is 17.7 Å². The zero-order valence-electron chi connectivity index (χ0n) is 11.8. The normalized spacial score (nSPS) is 12.5. The van der Waals surface area contributed by atoms with Gasteiger partial charge in [-0.15, -0.1) is 0 Å². The molecule has 7 heteroatoms. The third kappa shape index (κ3) is 3.54. The van der Waals surface area contributed by atoms with Crippen molar-refractivity contribution in [1.29, 1.82) is 0 Å². The van der Waals surface area contributed by atoms with E-state index < -0.39 is 11.7 Å². The molecule has 0 atom stereocenters. The molecule has 4 nitrogen and oxygen atoms in total. The van der Waals surface area contributed by atoms with Crippen LogP contribution in [0.4, 0.5) is 13.2 Å². The molecule has 0 saturated carbocycles. The van der Waals surface area contributed by atoms with Gasteiger partial charge in [-0.2, -0.15) is 13.2 Å². The monoisotopic (exact) mass is 302 g/mol. The Hall–Kier alpha value is -1.60. The summed E-state index contributed by atoms with van der Waals surface area (Å²) in [5, 5.41) is 11.5. The number of hydrogen-bond acceptors (Lipinski definition) is 4. The highest BCUT2D eigenvalue weighted by molar-refractivity contribution is 5.78. The Morgan fingerprint density at radius 2 is 2.05 bits per heavy atom. The van der Waals surface area contributed by atoms with Crippen LogP contribution in [0, 0.1) is 0 Å². The molecule has 0 unspecified atom stereocenters. The highest BCUT2D eigenvalue weighted by Gasteiger charge is 2.35. The number of aliphatic hydroxyl groups is 1. The van der Waals surface area contributed by atoms with Gasteiger partial charge in [0.25, 0.3) is 0 Å². The van der Waals surface area contributed by atoms with Crippen LogP contribution >= 0.6 is 0 Å². The van der Waals surface area contributed by atoms with Crippen molar-refractivity contribution in [2.45, 2.75) is 32.5 Å². The van der Waals surface area contributed by atoms with Crippen LogP contribution in [0.1, 0.15) is 36.8 Å². The molecular formula is C14H17F3N2O2. The van der Waals surface area contributed by atoms with E-state index in [0.717, 1.165) is 6.07 Å². The van der Waals surface area contributed by atoms with Gasteiger partial charge < -0.3 is 14.8 Å². The number of nitrogens with one attached hydrogen (secondary N) is 1. The van der Waals surface area contributed by atoms with Crippen LogP contribution in [0.15, 0.2) is 16.5 Å². The third-order valence-corrected chi connectivity index (χ3v) is 2.98. The summed E-state index contributed by atoms with van der Waals surface area (Å²) >= 11 is 0. The maximum absolute atomic E-state index is 13.1. The van der Waals surface area contributed by atoms with E-state index in [4.69, 9.17) is 9.52 Å². The Morgan fingerprint density at radius 1 is 1.33 bits per heavy atom. The van der Waals surface area contributed by atoms with Crippen molar-refractivity contribution < 1.29 is 22.7 Å². The number of nitrogens with zero attached hydrogens (tertiary/aromatic N) is 1. The Kier molecular flexibility index (Phi) is 4.53. The second-order valence-electron chi connectivity index (χ2n) is 5.10. The van der Waals surface area contributed by atoms with Gasteiger partial charge >= 0.3 is 6.18 Å². The quantitative estimate of drug-likeness (QED) is 0.834. The molecule has 0 bridgehead atoms. The van der Waals surface area contributed by atoms with E-state index in [1.807, 2.05) is 13.8 Å². The van der Waals surface area contributed by atoms with Gasteiger partial charge in [0.1, 0.15) is 11.1 Å². The van der Waals surface area contributed by atoms with E-state index in [2.05, 4.69) is 10.3 Å². The molecule has 2 aromatic rings. The lowest BCUT2D eigenvalue weighted by Crippen LogP contribution is -2.18. The minimum atomic E-state index is -4.50. The molecule has 0 aliphatic rings. The van der Waals surface area contributed by atoms with Crippen LogP contribution in [-0.4, -0.2) is 23.2 Å². The van der Waals surface area contributed by atoms with E-state index in [0.29, 0.717) is 12.1 Å². The first-order valence-corrected chi connectivity index (χ1v) is 6.65. The molecule has 0 radical (unpaired) electrons. The Morgan fingerprint density at radius 3 is 2.62 bits per heavy atom. The van der Waals surface area contributed by atoms with E-state index in [1.165, 1.54) is 0 Å². The van der Waals surface area contributed by atoms with Crippen molar-refractivity contribution in [1.82, 2.24) is 10.3 Å². The molecule has 0 amide bonds. The fourth-order valence-electron chi connectivity index (χ4n) is 1.98. The second-order valence-corrected chi connectivity index (χ2v) is 5.10. The van der Waals surface area contributed by atoms with Crippen molar-refractivity contribution in [2.75, 3.05) is 13.2 Å². The van der Waals surface area contributed by atoms with Gasteiger partial charge in [0, 0.05) is 19.0 Å². The fourth-order valence-corrected chi connectivity index (χ4v) is 1.98. The molecule has 0 aliphatic carbocycles. The zero-order chi connectivity index (χ0) is 15.6. The molecule has 1 heterocycles. The van der Waals surface area contributed by atoms with E-state index in [-0.39, 0.29) is 36.1 Å². The maximum Gasteiger partial charge on any atom is 0.420 e. The lowest BCUT2D eigenvalue weighted by atomic mass is 10.1. The summed E-state index contributed by atoms with van der Waals surface area (Å²) in [6, 6.07) is 2.63. The maximum atomic E-state index is 13.1. The number of halogens is 3. The summed E-state index contributed by atoms with van der Waals surface area (Å²) in [4.78, 5) is 4.13. The lowest BCUT2D eigenvalue weighted by molar-refractivity contribution is -0.136. The number of hydrogen-bond donors (Lipinski definition) is 2. The van der Waals surface area contributed by atoms with Crippen molar-refractivity contribution in [3.8, 4) is 0 Å². The summed E-state index contributed by atoms with van der Waals surface area (Å²) in [5.74, 6) is 0.199. The van der Waals surface area contributed by atoms with Gasteiger partial charge in [-0.3, -0.25) is 0 Å². The van der Waals surface area contributed by atoms with Crippen LogP contribution in [0.2, 0.25) is 0 Å². The Labute approximate surface area is 120 Å². The average Bonchev–Trinajstić information content (AvgIpc) is 2.80. The summed E-state index contributed by atoms with van der Waals surface area (Å²) in [5.41, 5.74) is -0.390. The summed E-state index contributed by atoms with van der Waals surface area (Å²) in [6.07, 6.45) is -4.50. The zero-order valence-corrected chi connectivity index (χ0v) is 11.8. The number of fused-ring (bicyclic) bond motifs is 1. The minimum Gasteiger partial charge on any atom is -0.440 e. The molecule has 1 aromatic carbocycles. The van der Waals surface area contributed by atoms with Gasteiger partial charge in [0.15, 0.2) is 11.5 Å². The number of rotatable bonds is 5. The fraction of sp³-hybridized carbons (Fsp3) is 0.500. The summed E-state index contributed by atoms with van der Waals surface area (Å²) in [7, 11) is 0. The van der Waals surface area contributed by atoms with Crippen LogP contribution in [-0.2, 0) is 12.7 Å². The lowest BCUT2D eigenvalue weighted by Gasteiger charge is -2.09. The molecule has 0 saturated heterocycles. The topological polar surface area (TPSA) is 58.3 Å². The molecule has 116 valence electrons. The smallest absolute Gasteiger partial charge is 0.420 e. The Balaban J connectivity index is 2.49. The van der Waals surface area contributed by atoms with E-state index in [1.54, 1.807) is 6.07 Å². The first kappa shape index (κ1) is 15.8. The van der Waals surface area contributed by atoms with Crippen LogP contribution in [0.25, 0.3) is 11.1 Å². The molecule has 1 aromatic heterocycles. The van der Waals surface area contributed by atoms with E-state index >= 15 is 0 Å². The molecule has 0 fully saturated rings. The highest BCUT2D eigenvalue weighted by atomic mass is 19.4. The first-order valence-electron chi connectivity index (χ1n) is 6.65. The third-order valence-electron chi connectivity index (χ3n) is 2.98. The highest BCUT2D eigenvalue weighted by Crippen LogP contribution is 2.37. The molecule has 0 spiro atoms. The SMILES string of the molecule is CC(C)c1nc2cc(CNCCO)cc(C(F)(F)F)c2o1. The van der Waals surface area contributed by atoms with Crippen LogP contribution in [0.5, 0.6) is 0 Å². The molecule has 2 rings (SSSR count). The predicted octanol–water partition coefficient (Wildman–Crippen LogP) is 3.05. The average molecular weight is 302 g/mol. The standard InChI is InChI=1S/C14H17F3N2O2/c1-8(2)13-19-11-6-9(7-18-3-4-20)5-10(12(11)21-13)14(15,16)17/h5-6,8,18,20H,3-4,7H2,1-2H3. The van der Waals surface area contributed by atoms with Crippen LogP contribution in [0.3, 0.4) is 0 Å². The molecule has 2 N–H and O–H groups in total. The van der Waals surface area contributed by atoms with E-state index in [9.17, 15) is 13.2 Å². The molecular weight excluding hydrogens is 285 g/mol. The van der Waals surface area contributed by atoms with Crippen molar-refractivity contribution in [3.63, 3.8) is 0 Å². The van der Waals surface area contributed by atoms with Crippen LogP contribution < -0.4 is 5.32 Å². The largest absolute Gasteiger partial charge is 0.440 e. The first-order chi connectivity index (χ1) is 9.82. The predicted molar refractivity (Wildman–Crippen MR) is 71.9 cm³/mol. The number of oxazole rings is 1. The number of alkyl halides is 3. The number of aliphatic hydroxyl groups excluding tert-OH is 1. The van der Waals surface area contributed by atoms with Crippen molar-refractivity contribution >= 4 is 11.1 Å². The van der Waals surface area contributed by atoms with Crippen molar-refractivity contribution in [2.24, 2.45) is 0 Å². The number of benzene rings is 1. The van der Waals surface area contributed by atoms with Gasteiger partial charge in [-0.25, -0.2) is 4.98 Å².